The van der Waals surface area contributed by atoms with E-state index in [4.69, 9.17) is 4.74 Å². The average molecular weight is 248 g/mol. The van der Waals surface area contributed by atoms with Gasteiger partial charge in [-0.1, -0.05) is 30.3 Å². The molecule has 0 spiro atoms. The van der Waals surface area contributed by atoms with E-state index in [9.17, 15) is 10.1 Å². The summed E-state index contributed by atoms with van der Waals surface area (Å²) >= 11 is 0. The molecule has 0 bridgehead atoms. The first-order valence-electron chi connectivity index (χ1n) is 5.96. The lowest BCUT2D eigenvalue weighted by atomic mass is 10.1. The molecule has 0 N–H and O–H groups in total. The Kier molecular flexibility index (Phi) is 4.30. The standard InChI is InChI=1S/C13H16N2O3/c16-15(17)11-13(14-6-8-18-9-7-14)10-12-4-2-1-3-5-12/h1-5,11H,6-10H2. The molecule has 96 valence electrons. The minimum atomic E-state index is -0.381. The molecule has 1 aromatic rings. The zero-order valence-corrected chi connectivity index (χ0v) is 10.1. The lowest BCUT2D eigenvalue weighted by Gasteiger charge is -2.29. The van der Waals surface area contributed by atoms with Crippen LogP contribution in [0.15, 0.2) is 42.2 Å². The largest absolute Gasteiger partial charge is 0.378 e. The normalized spacial score (nSPS) is 16.7. The molecule has 1 aliphatic rings. The Morgan fingerprint density at radius 2 is 2.00 bits per heavy atom. The molecule has 2 rings (SSSR count). The van der Waals surface area contributed by atoms with Crippen molar-refractivity contribution in [1.29, 1.82) is 0 Å². The highest BCUT2D eigenvalue weighted by Crippen LogP contribution is 2.14. The molecule has 0 aromatic heterocycles. The maximum atomic E-state index is 10.7. The Bertz CT molecular complexity index is 425. The van der Waals surface area contributed by atoms with E-state index in [1.165, 1.54) is 0 Å². The summed E-state index contributed by atoms with van der Waals surface area (Å²) in [6.45, 7) is 2.69. The van der Waals surface area contributed by atoms with Crippen LogP contribution in [0, 0.1) is 10.1 Å². The maximum Gasteiger partial charge on any atom is 0.253 e. The van der Waals surface area contributed by atoms with Crippen LogP contribution in [0.1, 0.15) is 5.56 Å². The molecule has 1 fully saturated rings. The highest BCUT2D eigenvalue weighted by atomic mass is 16.6. The first-order valence-corrected chi connectivity index (χ1v) is 5.96. The molecule has 1 heterocycles. The van der Waals surface area contributed by atoms with Gasteiger partial charge in [0.25, 0.3) is 6.20 Å². The van der Waals surface area contributed by atoms with Crippen molar-refractivity contribution >= 4 is 0 Å². The van der Waals surface area contributed by atoms with Gasteiger partial charge in [-0.05, 0) is 5.56 Å². The molecule has 1 saturated heterocycles. The summed E-state index contributed by atoms with van der Waals surface area (Å²) in [7, 11) is 0. The van der Waals surface area contributed by atoms with E-state index in [0.717, 1.165) is 17.5 Å². The minimum absolute atomic E-state index is 0.381. The lowest BCUT2D eigenvalue weighted by molar-refractivity contribution is -0.404. The Morgan fingerprint density at radius 3 is 2.61 bits per heavy atom. The minimum Gasteiger partial charge on any atom is -0.378 e. The molecule has 0 atom stereocenters. The maximum absolute atomic E-state index is 10.7. The van der Waals surface area contributed by atoms with Gasteiger partial charge in [0.1, 0.15) is 0 Å². The average Bonchev–Trinajstić information content (AvgIpc) is 2.40. The summed E-state index contributed by atoms with van der Waals surface area (Å²) < 4.78 is 5.27. The molecular formula is C13H16N2O3. The van der Waals surface area contributed by atoms with Crippen LogP contribution < -0.4 is 0 Å². The molecule has 0 amide bonds. The molecule has 0 unspecified atom stereocenters. The van der Waals surface area contributed by atoms with Gasteiger partial charge in [-0.25, -0.2) is 0 Å². The van der Waals surface area contributed by atoms with Crippen molar-refractivity contribution in [3.8, 4) is 0 Å². The quantitative estimate of drug-likeness (QED) is 0.601. The number of rotatable bonds is 4. The number of allylic oxidation sites excluding steroid dienone is 1. The van der Waals surface area contributed by atoms with Crippen LogP contribution in [0.25, 0.3) is 0 Å². The van der Waals surface area contributed by atoms with Crippen molar-refractivity contribution in [3.63, 3.8) is 0 Å². The van der Waals surface area contributed by atoms with E-state index in [-0.39, 0.29) is 4.92 Å². The smallest absolute Gasteiger partial charge is 0.253 e. The Balaban J connectivity index is 2.12. The van der Waals surface area contributed by atoms with E-state index < -0.39 is 0 Å². The van der Waals surface area contributed by atoms with Crippen molar-refractivity contribution in [1.82, 2.24) is 4.90 Å². The Hall–Kier alpha value is -1.88. The topological polar surface area (TPSA) is 55.6 Å². The summed E-state index contributed by atoms with van der Waals surface area (Å²) in [6, 6.07) is 9.79. The third-order valence-electron chi connectivity index (χ3n) is 2.90. The summed E-state index contributed by atoms with van der Waals surface area (Å²) in [6.07, 6.45) is 1.69. The zero-order valence-electron chi connectivity index (χ0n) is 10.1. The molecule has 0 saturated carbocycles. The van der Waals surface area contributed by atoms with Crippen LogP contribution in [0.4, 0.5) is 0 Å². The Labute approximate surface area is 106 Å². The first-order chi connectivity index (χ1) is 8.75. The van der Waals surface area contributed by atoms with E-state index in [1.807, 2.05) is 35.2 Å². The second-order valence-corrected chi connectivity index (χ2v) is 4.17. The molecule has 1 aromatic carbocycles. The van der Waals surface area contributed by atoms with Crippen molar-refractivity contribution in [2.75, 3.05) is 26.3 Å². The van der Waals surface area contributed by atoms with E-state index in [0.29, 0.717) is 32.7 Å². The van der Waals surface area contributed by atoms with Crippen molar-refractivity contribution in [3.05, 3.63) is 57.9 Å². The van der Waals surface area contributed by atoms with Gasteiger partial charge in [0.05, 0.1) is 23.8 Å². The highest BCUT2D eigenvalue weighted by Gasteiger charge is 2.16. The highest BCUT2D eigenvalue weighted by molar-refractivity contribution is 5.20. The molecule has 0 aliphatic carbocycles. The number of hydrogen-bond donors (Lipinski definition) is 0. The predicted octanol–water partition coefficient (Wildman–Crippen LogP) is 1.68. The van der Waals surface area contributed by atoms with Crippen LogP contribution in [-0.4, -0.2) is 36.1 Å². The van der Waals surface area contributed by atoms with Crippen LogP contribution in [-0.2, 0) is 11.2 Å². The van der Waals surface area contributed by atoms with E-state index in [2.05, 4.69) is 0 Å². The second kappa shape index (κ2) is 6.16. The lowest BCUT2D eigenvalue weighted by Crippen LogP contribution is -2.36. The summed E-state index contributed by atoms with van der Waals surface area (Å²) in [5, 5.41) is 10.7. The zero-order chi connectivity index (χ0) is 12.8. The summed E-state index contributed by atoms with van der Waals surface area (Å²) in [4.78, 5) is 12.4. The fourth-order valence-electron chi connectivity index (χ4n) is 2.02. The van der Waals surface area contributed by atoms with Gasteiger partial charge in [0.15, 0.2) is 0 Å². The van der Waals surface area contributed by atoms with Crippen LogP contribution in [0.3, 0.4) is 0 Å². The number of benzene rings is 1. The van der Waals surface area contributed by atoms with Crippen molar-refractivity contribution in [2.45, 2.75) is 6.42 Å². The fraction of sp³-hybridized carbons (Fsp3) is 0.385. The molecule has 5 nitrogen and oxygen atoms in total. The van der Waals surface area contributed by atoms with Gasteiger partial charge < -0.3 is 9.64 Å². The monoisotopic (exact) mass is 248 g/mol. The SMILES string of the molecule is O=[N+]([O-])C=C(Cc1ccccc1)N1CCOCC1. The van der Waals surface area contributed by atoms with E-state index in [1.54, 1.807) is 0 Å². The predicted molar refractivity (Wildman–Crippen MR) is 67.6 cm³/mol. The molecule has 1 aliphatic heterocycles. The number of nitro groups is 1. The van der Waals surface area contributed by atoms with Crippen molar-refractivity contribution < 1.29 is 9.66 Å². The van der Waals surface area contributed by atoms with Gasteiger partial charge in [0, 0.05) is 19.5 Å². The second-order valence-electron chi connectivity index (χ2n) is 4.17. The number of morpholine rings is 1. The first kappa shape index (κ1) is 12.6. The molecule has 0 radical (unpaired) electrons. The Morgan fingerprint density at radius 1 is 1.33 bits per heavy atom. The molecule has 18 heavy (non-hydrogen) atoms. The van der Waals surface area contributed by atoms with Gasteiger partial charge in [0.2, 0.25) is 0 Å². The van der Waals surface area contributed by atoms with Gasteiger partial charge >= 0.3 is 0 Å². The van der Waals surface area contributed by atoms with Crippen LogP contribution >= 0.6 is 0 Å². The number of ether oxygens (including phenoxy) is 1. The summed E-state index contributed by atoms with van der Waals surface area (Å²) in [5.74, 6) is 0. The molecular weight excluding hydrogens is 232 g/mol. The van der Waals surface area contributed by atoms with Crippen LogP contribution in [0.2, 0.25) is 0 Å². The summed E-state index contributed by atoms with van der Waals surface area (Å²) in [5.41, 5.74) is 1.83. The number of nitrogens with zero attached hydrogens (tertiary/aromatic N) is 2. The third-order valence-corrected chi connectivity index (χ3v) is 2.90. The third kappa shape index (κ3) is 3.56. The van der Waals surface area contributed by atoms with Gasteiger partial charge in [-0.2, -0.15) is 0 Å². The fourth-order valence-corrected chi connectivity index (χ4v) is 2.02. The van der Waals surface area contributed by atoms with E-state index >= 15 is 0 Å². The van der Waals surface area contributed by atoms with Gasteiger partial charge in [-0.3, -0.25) is 10.1 Å². The van der Waals surface area contributed by atoms with Crippen molar-refractivity contribution in [2.24, 2.45) is 0 Å². The molecule has 5 heteroatoms. The number of hydrogen-bond acceptors (Lipinski definition) is 4. The van der Waals surface area contributed by atoms with Gasteiger partial charge in [-0.15, -0.1) is 0 Å². The van der Waals surface area contributed by atoms with Crippen LogP contribution in [0.5, 0.6) is 0 Å².